The number of Topliss-reactive ketones (excluding diaryl/α,β-unsaturated/α-hetero) is 1. The quantitative estimate of drug-likeness (QED) is 0.790. The van der Waals surface area contributed by atoms with E-state index >= 15 is 0 Å². The van der Waals surface area contributed by atoms with E-state index in [9.17, 15) is 9.59 Å². The van der Waals surface area contributed by atoms with Crippen LogP contribution in [0.15, 0.2) is 48.5 Å². The van der Waals surface area contributed by atoms with E-state index in [1.807, 2.05) is 36.1 Å². The van der Waals surface area contributed by atoms with Crippen LogP contribution in [-0.4, -0.2) is 37.4 Å². The Kier molecular flexibility index (Phi) is 5.78. The summed E-state index contributed by atoms with van der Waals surface area (Å²) >= 11 is 5.99. The number of hydrogen-bond donors (Lipinski definition) is 1. The van der Waals surface area contributed by atoms with Crippen molar-refractivity contribution in [1.82, 2.24) is 5.32 Å². The number of carbonyl (C=O) groups excluding carboxylic acids is 2. The van der Waals surface area contributed by atoms with Gasteiger partial charge in [0.1, 0.15) is 5.75 Å². The summed E-state index contributed by atoms with van der Waals surface area (Å²) < 4.78 is 5.84. The van der Waals surface area contributed by atoms with Crippen molar-refractivity contribution in [2.75, 3.05) is 24.5 Å². The van der Waals surface area contributed by atoms with E-state index in [4.69, 9.17) is 16.3 Å². The Labute approximate surface area is 157 Å². The second-order valence-electron chi connectivity index (χ2n) is 6.18. The third-order valence-electron chi connectivity index (χ3n) is 4.18. The molecule has 0 saturated heterocycles. The van der Waals surface area contributed by atoms with Gasteiger partial charge in [-0.05, 0) is 30.7 Å². The van der Waals surface area contributed by atoms with Crippen LogP contribution in [0, 0.1) is 0 Å². The number of anilines is 1. The molecule has 26 heavy (non-hydrogen) atoms. The van der Waals surface area contributed by atoms with E-state index in [2.05, 4.69) is 5.32 Å². The number of halogens is 1. The minimum Gasteiger partial charge on any atom is -0.477 e. The Hall–Kier alpha value is -2.53. The average molecular weight is 373 g/mol. The molecule has 1 atom stereocenters. The van der Waals surface area contributed by atoms with Crippen LogP contribution in [0.2, 0.25) is 5.02 Å². The molecule has 2 aromatic rings. The predicted octanol–water partition coefficient (Wildman–Crippen LogP) is 3.32. The van der Waals surface area contributed by atoms with Gasteiger partial charge in [0, 0.05) is 17.1 Å². The molecule has 0 aliphatic carbocycles. The lowest BCUT2D eigenvalue weighted by molar-refractivity contribution is -0.127. The largest absolute Gasteiger partial charge is 0.477 e. The zero-order valence-electron chi connectivity index (χ0n) is 14.6. The van der Waals surface area contributed by atoms with Crippen molar-refractivity contribution in [3.05, 3.63) is 59.1 Å². The van der Waals surface area contributed by atoms with Gasteiger partial charge in [-0.25, -0.2) is 0 Å². The summed E-state index contributed by atoms with van der Waals surface area (Å²) in [5, 5.41) is 3.38. The normalized spacial score (nSPS) is 15.8. The Balaban J connectivity index is 1.80. The molecule has 0 saturated carbocycles. The van der Waals surface area contributed by atoms with Crippen LogP contribution < -0.4 is 15.0 Å². The molecule has 1 amide bonds. The molecule has 0 bridgehead atoms. The zero-order chi connectivity index (χ0) is 18.5. The molecule has 0 radical (unpaired) electrons. The fourth-order valence-corrected chi connectivity index (χ4v) is 3.07. The molecular weight excluding hydrogens is 352 g/mol. The van der Waals surface area contributed by atoms with Crippen molar-refractivity contribution in [3.8, 4) is 5.75 Å². The number of fused-ring (bicyclic) bond motifs is 1. The highest BCUT2D eigenvalue weighted by atomic mass is 35.5. The van der Waals surface area contributed by atoms with E-state index in [0.29, 0.717) is 29.4 Å². The maximum absolute atomic E-state index is 12.7. The molecule has 2 aromatic carbocycles. The van der Waals surface area contributed by atoms with Crippen molar-refractivity contribution in [2.45, 2.75) is 19.4 Å². The summed E-state index contributed by atoms with van der Waals surface area (Å²) in [4.78, 5) is 26.9. The van der Waals surface area contributed by atoms with Crippen LogP contribution in [0.4, 0.5) is 5.69 Å². The number of hydrogen-bond acceptors (Lipinski definition) is 4. The number of benzene rings is 2. The van der Waals surface area contributed by atoms with Crippen LogP contribution >= 0.6 is 11.6 Å². The number of ketones is 1. The van der Waals surface area contributed by atoms with Crippen LogP contribution in [0.5, 0.6) is 5.75 Å². The van der Waals surface area contributed by atoms with E-state index in [0.717, 1.165) is 12.1 Å². The van der Waals surface area contributed by atoms with Crippen molar-refractivity contribution < 1.29 is 14.3 Å². The molecule has 0 fully saturated rings. The third-order valence-corrected chi connectivity index (χ3v) is 4.42. The Morgan fingerprint density at radius 3 is 2.81 bits per heavy atom. The number of ether oxygens (including phenoxy) is 1. The highest BCUT2D eigenvalue weighted by Gasteiger charge is 2.31. The van der Waals surface area contributed by atoms with Gasteiger partial charge >= 0.3 is 0 Å². The lowest BCUT2D eigenvalue weighted by Crippen LogP contribution is -2.50. The van der Waals surface area contributed by atoms with Crippen LogP contribution in [0.1, 0.15) is 23.7 Å². The SMILES string of the molecule is CCCNC(=O)C1CN(CC(=O)c2cccc(Cl)c2)c2ccccc2O1. The number of amides is 1. The summed E-state index contributed by atoms with van der Waals surface area (Å²) in [6, 6.07) is 14.3. The number of carbonyl (C=O) groups is 2. The molecule has 5 nitrogen and oxygen atoms in total. The van der Waals surface area contributed by atoms with Gasteiger partial charge in [-0.3, -0.25) is 9.59 Å². The van der Waals surface area contributed by atoms with Gasteiger partial charge < -0.3 is 15.0 Å². The van der Waals surface area contributed by atoms with Gasteiger partial charge in [-0.1, -0.05) is 42.8 Å². The van der Waals surface area contributed by atoms with E-state index < -0.39 is 6.10 Å². The second kappa shape index (κ2) is 8.23. The number of nitrogens with one attached hydrogen (secondary N) is 1. The summed E-state index contributed by atoms with van der Waals surface area (Å²) in [5.41, 5.74) is 1.36. The van der Waals surface area contributed by atoms with Gasteiger partial charge in [0.15, 0.2) is 11.9 Å². The lowest BCUT2D eigenvalue weighted by atomic mass is 10.1. The first kappa shape index (κ1) is 18.3. The fourth-order valence-electron chi connectivity index (χ4n) is 2.88. The highest BCUT2D eigenvalue weighted by Crippen LogP contribution is 2.33. The van der Waals surface area contributed by atoms with Crippen molar-refractivity contribution in [1.29, 1.82) is 0 Å². The monoisotopic (exact) mass is 372 g/mol. The smallest absolute Gasteiger partial charge is 0.262 e. The van der Waals surface area contributed by atoms with Gasteiger partial charge in [-0.2, -0.15) is 0 Å². The van der Waals surface area contributed by atoms with Crippen molar-refractivity contribution in [3.63, 3.8) is 0 Å². The van der Waals surface area contributed by atoms with Gasteiger partial charge in [0.2, 0.25) is 0 Å². The number of para-hydroxylation sites is 2. The molecule has 6 heteroatoms. The van der Waals surface area contributed by atoms with Gasteiger partial charge in [0.25, 0.3) is 5.91 Å². The Morgan fingerprint density at radius 1 is 1.23 bits per heavy atom. The zero-order valence-corrected chi connectivity index (χ0v) is 15.3. The van der Waals surface area contributed by atoms with Crippen molar-refractivity contribution >= 4 is 29.0 Å². The van der Waals surface area contributed by atoms with Crippen LogP contribution in [-0.2, 0) is 4.79 Å². The average Bonchev–Trinajstić information content (AvgIpc) is 2.66. The first-order valence-corrected chi connectivity index (χ1v) is 9.03. The maximum Gasteiger partial charge on any atom is 0.262 e. The maximum atomic E-state index is 12.7. The topological polar surface area (TPSA) is 58.6 Å². The second-order valence-corrected chi connectivity index (χ2v) is 6.62. The molecule has 1 unspecified atom stereocenters. The molecule has 3 rings (SSSR count). The first-order chi connectivity index (χ1) is 12.6. The van der Waals surface area contributed by atoms with Crippen LogP contribution in [0.25, 0.3) is 0 Å². The van der Waals surface area contributed by atoms with E-state index in [-0.39, 0.29) is 18.2 Å². The van der Waals surface area contributed by atoms with Crippen molar-refractivity contribution in [2.24, 2.45) is 0 Å². The molecule has 0 spiro atoms. The Morgan fingerprint density at radius 2 is 2.04 bits per heavy atom. The van der Waals surface area contributed by atoms with E-state index in [1.165, 1.54) is 0 Å². The lowest BCUT2D eigenvalue weighted by Gasteiger charge is -2.35. The fraction of sp³-hybridized carbons (Fsp3) is 0.300. The number of rotatable bonds is 6. The molecule has 0 aromatic heterocycles. The standard InChI is InChI=1S/C20H21ClN2O3/c1-2-10-22-20(25)19-13-23(16-8-3-4-9-18(16)26-19)12-17(24)14-6-5-7-15(21)11-14/h3-9,11,19H,2,10,12-13H2,1H3,(H,22,25). The minimum atomic E-state index is -0.649. The summed E-state index contributed by atoms with van der Waals surface area (Å²) in [6.07, 6.45) is 0.204. The third kappa shape index (κ3) is 4.17. The molecule has 1 N–H and O–H groups in total. The van der Waals surface area contributed by atoms with E-state index in [1.54, 1.807) is 24.3 Å². The highest BCUT2D eigenvalue weighted by molar-refractivity contribution is 6.31. The first-order valence-electron chi connectivity index (χ1n) is 8.65. The number of nitrogens with zero attached hydrogens (tertiary/aromatic N) is 1. The van der Waals surface area contributed by atoms with Gasteiger partial charge in [0.05, 0.1) is 18.8 Å². The summed E-state index contributed by atoms with van der Waals surface area (Å²) in [5.74, 6) is 0.382. The predicted molar refractivity (Wildman–Crippen MR) is 102 cm³/mol. The summed E-state index contributed by atoms with van der Waals surface area (Å²) in [7, 11) is 0. The molecule has 1 aliphatic rings. The van der Waals surface area contributed by atoms with Gasteiger partial charge in [-0.15, -0.1) is 0 Å². The molecule has 136 valence electrons. The minimum absolute atomic E-state index is 0.0584. The van der Waals surface area contributed by atoms with Crippen LogP contribution in [0.3, 0.4) is 0 Å². The molecular formula is C20H21ClN2O3. The summed E-state index contributed by atoms with van der Waals surface area (Å²) in [6.45, 7) is 3.06. The Bertz CT molecular complexity index is 809. The molecule has 1 aliphatic heterocycles. The molecule has 1 heterocycles.